The van der Waals surface area contributed by atoms with E-state index in [0.717, 1.165) is 19.3 Å². The first kappa shape index (κ1) is 17.1. The number of hydrogen-bond donors (Lipinski definition) is 1. The van der Waals surface area contributed by atoms with Crippen molar-refractivity contribution in [1.82, 2.24) is 19.7 Å². The Morgan fingerprint density at radius 2 is 1.79 bits per heavy atom. The third-order valence-corrected chi connectivity index (χ3v) is 6.06. The van der Waals surface area contributed by atoms with E-state index >= 15 is 0 Å². The molecule has 0 unspecified atom stereocenters. The van der Waals surface area contributed by atoms with Gasteiger partial charge in [0.1, 0.15) is 0 Å². The van der Waals surface area contributed by atoms with E-state index in [0.29, 0.717) is 11.4 Å². The molecule has 130 valence electrons. The van der Waals surface area contributed by atoms with Gasteiger partial charge in [-0.1, -0.05) is 19.9 Å². The minimum absolute atomic E-state index is 0.128. The van der Waals surface area contributed by atoms with E-state index in [2.05, 4.69) is 14.9 Å². The fourth-order valence-corrected chi connectivity index (χ4v) is 4.47. The normalized spacial score (nSPS) is 16.1. The van der Waals surface area contributed by atoms with Gasteiger partial charge in [-0.2, -0.15) is 15.0 Å². The molecule has 24 heavy (non-hydrogen) atoms. The van der Waals surface area contributed by atoms with E-state index in [1.54, 1.807) is 18.5 Å². The average Bonchev–Trinajstić information content (AvgIpc) is 3.06. The maximum Gasteiger partial charge on any atom is 0.240 e. The minimum atomic E-state index is -3.56. The second-order valence-corrected chi connectivity index (χ2v) is 8.41. The summed E-state index contributed by atoms with van der Waals surface area (Å²) in [5.41, 5.74) is 2.44. The molecule has 0 fully saturated rings. The second-order valence-electron chi connectivity index (χ2n) is 6.69. The molecule has 3 rings (SSSR count). The lowest BCUT2D eigenvalue weighted by Crippen LogP contribution is -2.42. The molecule has 0 amide bonds. The summed E-state index contributed by atoms with van der Waals surface area (Å²) in [6.45, 7) is 4.39. The van der Waals surface area contributed by atoms with Gasteiger partial charge in [0.25, 0.3) is 0 Å². The molecular weight excluding hydrogens is 324 g/mol. The topological polar surface area (TPSA) is 76.9 Å². The molecule has 1 aromatic heterocycles. The van der Waals surface area contributed by atoms with Crippen LogP contribution >= 0.6 is 0 Å². The zero-order chi connectivity index (χ0) is 17.2. The zero-order valence-corrected chi connectivity index (χ0v) is 15.0. The third-order valence-electron chi connectivity index (χ3n) is 4.57. The molecule has 0 saturated heterocycles. The van der Waals surface area contributed by atoms with Gasteiger partial charge < -0.3 is 0 Å². The fraction of sp³-hybridized carbons (Fsp3) is 0.529. The Morgan fingerprint density at radius 1 is 1.12 bits per heavy atom. The van der Waals surface area contributed by atoms with Crippen molar-refractivity contribution in [3.8, 4) is 0 Å². The summed E-state index contributed by atoms with van der Waals surface area (Å²) in [4.78, 5) is 1.86. The van der Waals surface area contributed by atoms with Gasteiger partial charge in [0.15, 0.2) is 0 Å². The van der Waals surface area contributed by atoms with Crippen LogP contribution in [0.25, 0.3) is 0 Å². The van der Waals surface area contributed by atoms with E-state index in [-0.39, 0.29) is 12.0 Å². The van der Waals surface area contributed by atoms with E-state index in [1.165, 1.54) is 22.3 Å². The maximum absolute atomic E-state index is 12.8. The predicted octanol–water partition coefficient (Wildman–Crippen LogP) is 2.16. The van der Waals surface area contributed by atoms with Gasteiger partial charge in [-0.15, -0.1) is 0 Å². The molecule has 0 bridgehead atoms. The summed E-state index contributed by atoms with van der Waals surface area (Å²) in [6, 6.07) is 5.25. The van der Waals surface area contributed by atoms with Crippen molar-refractivity contribution in [1.29, 1.82) is 0 Å². The first-order valence-corrected chi connectivity index (χ1v) is 9.92. The molecule has 7 heteroatoms. The summed E-state index contributed by atoms with van der Waals surface area (Å²) in [7, 11) is -3.56. The number of fused-ring (bicyclic) bond motifs is 1. The fourth-order valence-electron chi connectivity index (χ4n) is 3.04. The molecule has 0 radical (unpaired) electrons. The number of sulfonamides is 1. The van der Waals surface area contributed by atoms with Gasteiger partial charge in [0.05, 0.1) is 23.8 Å². The van der Waals surface area contributed by atoms with Crippen molar-refractivity contribution < 1.29 is 8.42 Å². The summed E-state index contributed by atoms with van der Waals surface area (Å²) in [5, 5.41) is 8.14. The Labute approximate surface area is 143 Å². The largest absolute Gasteiger partial charge is 0.240 e. The smallest absolute Gasteiger partial charge is 0.207 e. The maximum atomic E-state index is 12.8. The van der Waals surface area contributed by atoms with Crippen LogP contribution in [-0.4, -0.2) is 29.5 Å². The number of nitrogens with zero attached hydrogens (tertiary/aromatic N) is 3. The molecular formula is C17H24N4O2S. The monoisotopic (exact) mass is 348 g/mol. The van der Waals surface area contributed by atoms with Gasteiger partial charge in [0.2, 0.25) is 10.0 Å². The van der Waals surface area contributed by atoms with Crippen LogP contribution in [0.15, 0.2) is 35.5 Å². The lowest BCUT2D eigenvalue weighted by molar-refractivity contribution is 0.361. The summed E-state index contributed by atoms with van der Waals surface area (Å²) < 4.78 is 28.4. The third kappa shape index (κ3) is 3.84. The second kappa shape index (κ2) is 7.03. The van der Waals surface area contributed by atoms with Crippen LogP contribution in [0.4, 0.5) is 0 Å². The highest BCUT2D eigenvalue weighted by molar-refractivity contribution is 7.89. The van der Waals surface area contributed by atoms with Crippen LogP contribution < -0.4 is 4.72 Å². The van der Waals surface area contributed by atoms with Crippen molar-refractivity contribution in [3.05, 3.63) is 41.7 Å². The summed E-state index contributed by atoms with van der Waals surface area (Å²) >= 11 is 0. The zero-order valence-electron chi connectivity index (χ0n) is 14.1. The van der Waals surface area contributed by atoms with E-state index in [4.69, 9.17) is 0 Å². The molecule has 0 spiro atoms. The first-order valence-electron chi connectivity index (χ1n) is 8.44. The van der Waals surface area contributed by atoms with Crippen LogP contribution in [0, 0.1) is 5.92 Å². The predicted molar refractivity (Wildman–Crippen MR) is 92.1 cm³/mol. The van der Waals surface area contributed by atoms with E-state index < -0.39 is 10.0 Å². The standard InChI is InChI=1S/C17H24N4O2S/c1-13(2)17(12-21-18-9-10-19-21)20-24(22,23)16-8-7-14-5-3-4-6-15(14)11-16/h7-11,13,17,20H,3-6,12H2,1-2H3/t17-/m0/s1. The van der Waals surface area contributed by atoms with Crippen LogP contribution in [0.5, 0.6) is 0 Å². The number of nitrogens with one attached hydrogen (secondary N) is 1. The highest BCUT2D eigenvalue weighted by Gasteiger charge is 2.24. The quantitative estimate of drug-likeness (QED) is 0.868. The number of hydrogen-bond acceptors (Lipinski definition) is 4. The van der Waals surface area contributed by atoms with Gasteiger partial charge in [-0.25, -0.2) is 13.1 Å². The average molecular weight is 348 g/mol. The molecule has 1 aliphatic carbocycles. The number of benzene rings is 1. The Bertz CT molecular complexity index is 785. The first-order chi connectivity index (χ1) is 11.5. The minimum Gasteiger partial charge on any atom is -0.207 e. The molecule has 0 saturated carbocycles. The molecule has 6 nitrogen and oxygen atoms in total. The van der Waals surface area contributed by atoms with Crippen molar-refractivity contribution in [2.24, 2.45) is 5.92 Å². The summed E-state index contributed by atoms with van der Waals surface area (Å²) in [6.07, 6.45) is 7.50. The van der Waals surface area contributed by atoms with Crippen molar-refractivity contribution in [2.75, 3.05) is 0 Å². The van der Waals surface area contributed by atoms with Crippen LogP contribution in [0.2, 0.25) is 0 Å². The van der Waals surface area contributed by atoms with Crippen LogP contribution in [0.1, 0.15) is 37.8 Å². The van der Waals surface area contributed by atoms with Crippen molar-refractivity contribution in [3.63, 3.8) is 0 Å². The highest BCUT2D eigenvalue weighted by atomic mass is 32.2. The SMILES string of the molecule is CC(C)[C@H](Cn1nccn1)NS(=O)(=O)c1ccc2c(c1)CCCC2. The number of aryl methyl sites for hydroxylation is 2. The lowest BCUT2D eigenvalue weighted by Gasteiger charge is -2.22. The lowest BCUT2D eigenvalue weighted by atomic mass is 9.92. The Balaban J connectivity index is 1.81. The Morgan fingerprint density at radius 3 is 2.46 bits per heavy atom. The molecule has 1 atom stereocenters. The Hall–Kier alpha value is -1.73. The highest BCUT2D eigenvalue weighted by Crippen LogP contribution is 2.24. The van der Waals surface area contributed by atoms with Crippen molar-refractivity contribution in [2.45, 2.75) is 57.0 Å². The Kier molecular flexibility index (Phi) is 5.01. The molecule has 0 aliphatic heterocycles. The van der Waals surface area contributed by atoms with Gasteiger partial charge in [-0.05, 0) is 54.9 Å². The molecule has 1 aliphatic rings. The van der Waals surface area contributed by atoms with Gasteiger partial charge >= 0.3 is 0 Å². The number of rotatable bonds is 6. The molecule has 2 aromatic rings. The van der Waals surface area contributed by atoms with E-state index in [1.807, 2.05) is 26.0 Å². The molecule has 1 heterocycles. The van der Waals surface area contributed by atoms with E-state index in [9.17, 15) is 8.42 Å². The van der Waals surface area contributed by atoms with Gasteiger partial charge in [0, 0.05) is 6.04 Å². The molecule has 1 aromatic carbocycles. The van der Waals surface area contributed by atoms with Crippen LogP contribution in [-0.2, 0) is 29.4 Å². The molecule has 1 N–H and O–H groups in total. The van der Waals surface area contributed by atoms with Crippen LogP contribution in [0.3, 0.4) is 0 Å². The van der Waals surface area contributed by atoms with Gasteiger partial charge in [-0.3, -0.25) is 0 Å². The van der Waals surface area contributed by atoms with Crippen molar-refractivity contribution >= 4 is 10.0 Å². The number of aromatic nitrogens is 3. The summed E-state index contributed by atoms with van der Waals surface area (Å²) in [5.74, 6) is 0.128.